The van der Waals surface area contributed by atoms with Gasteiger partial charge in [-0.05, 0) is 24.3 Å². The molecule has 0 heterocycles. The van der Waals surface area contributed by atoms with Crippen LogP contribution in [-0.2, 0) is 14.8 Å². The highest BCUT2D eigenvalue weighted by Crippen LogP contribution is 2.11. The summed E-state index contributed by atoms with van der Waals surface area (Å²) in [5, 5.41) is 0. The van der Waals surface area contributed by atoms with Gasteiger partial charge in [0.15, 0.2) is 12.4 Å². The fraction of sp³-hybridized carbons (Fsp3) is 0.176. The average Bonchev–Trinajstić information content (AvgIpc) is 2.60. The number of Topliss-reactive ketones (excluding diaryl/α,β-unsaturated/α-hetero) is 1. The predicted octanol–water partition coefficient (Wildman–Crippen LogP) is 2.02. The maximum Gasteiger partial charge on any atom is 0.338 e. The van der Waals surface area contributed by atoms with Gasteiger partial charge < -0.3 is 4.74 Å². The highest BCUT2D eigenvalue weighted by molar-refractivity contribution is 7.89. The molecule has 126 valence electrons. The number of hydrogen-bond donors (Lipinski definition) is 1. The summed E-state index contributed by atoms with van der Waals surface area (Å²) in [6, 6.07) is 13.8. The molecular formula is C17H17NO5S. The van der Waals surface area contributed by atoms with Crippen molar-refractivity contribution >= 4 is 21.8 Å². The second kappa shape index (κ2) is 7.85. The van der Waals surface area contributed by atoms with Gasteiger partial charge in [-0.25, -0.2) is 17.9 Å². The van der Waals surface area contributed by atoms with Gasteiger partial charge in [-0.2, -0.15) is 0 Å². The second-order valence-electron chi connectivity index (χ2n) is 4.89. The first-order valence-corrected chi connectivity index (χ1v) is 8.77. The normalized spacial score (nSPS) is 11.0. The summed E-state index contributed by atoms with van der Waals surface area (Å²) in [6.07, 6.45) is 0. The Hall–Kier alpha value is -2.51. The molecule has 0 bridgehead atoms. The minimum absolute atomic E-state index is 0.0567. The van der Waals surface area contributed by atoms with E-state index in [-0.39, 0.29) is 29.4 Å². The molecule has 0 spiro atoms. The number of rotatable bonds is 7. The Bertz CT molecular complexity index is 814. The summed E-state index contributed by atoms with van der Waals surface area (Å²) in [6.45, 7) is 1.57. The molecule has 0 amide bonds. The molecule has 0 unspecified atom stereocenters. The SMILES string of the molecule is CCNS(=O)(=O)c1ccc(C(=O)OCC(=O)c2ccccc2)cc1. The zero-order valence-corrected chi connectivity index (χ0v) is 13.9. The molecule has 0 fully saturated rings. The van der Waals surface area contributed by atoms with Gasteiger partial charge in [0.2, 0.25) is 10.0 Å². The van der Waals surface area contributed by atoms with Gasteiger partial charge in [0.05, 0.1) is 10.5 Å². The maximum absolute atomic E-state index is 11.9. The zero-order valence-electron chi connectivity index (χ0n) is 13.1. The van der Waals surface area contributed by atoms with E-state index in [0.29, 0.717) is 5.56 Å². The van der Waals surface area contributed by atoms with Crippen molar-refractivity contribution in [1.82, 2.24) is 4.72 Å². The third-order valence-electron chi connectivity index (χ3n) is 3.16. The fourth-order valence-electron chi connectivity index (χ4n) is 1.97. The van der Waals surface area contributed by atoms with Crippen LogP contribution >= 0.6 is 0 Å². The van der Waals surface area contributed by atoms with Crippen LogP contribution in [0.3, 0.4) is 0 Å². The summed E-state index contributed by atoms with van der Waals surface area (Å²) in [5.74, 6) is -0.998. The van der Waals surface area contributed by atoms with Crippen LogP contribution < -0.4 is 4.72 Å². The van der Waals surface area contributed by atoms with Crippen LogP contribution in [0.25, 0.3) is 0 Å². The molecule has 2 rings (SSSR count). The molecule has 0 aliphatic carbocycles. The van der Waals surface area contributed by atoms with Crippen molar-refractivity contribution in [2.24, 2.45) is 0 Å². The van der Waals surface area contributed by atoms with Crippen molar-refractivity contribution in [2.75, 3.05) is 13.2 Å². The molecule has 0 saturated carbocycles. The van der Waals surface area contributed by atoms with E-state index in [1.165, 1.54) is 24.3 Å². The number of esters is 1. The smallest absolute Gasteiger partial charge is 0.338 e. The van der Waals surface area contributed by atoms with Crippen LogP contribution in [0.2, 0.25) is 0 Å². The molecule has 0 aliphatic rings. The summed E-state index contributed by atoms with van der Waals surface area (Å²) < 4.78 is 30.9. The molecular weight excluding hydrogens is 330 g/mol. The van der Waals surface area contributed by atoms with E-state index < -0.39 is 16.0 Å². The summed E-state index contributed by atoms with van der Waals surface area (Å²) in [7, 11) is -3.57. The quantitative estimate of drug-likeness (QED) is 0.611. The van der Waals surface area contributed by atoms with Crippen LogP contribution in [0.15, 0.2) is 59.5 Å². The topological polar surface area (TPSA) is 89.5 Å². The Kier molecular flexibility index (Phi) is 5.83. The van der Waals surface area contributed by atoms with Crippen LogP contribution in [0.4, 0.5) is 0 Å². The number of benzene rings is 2. The average molecular weight is 347 g/mol. The first-order chi connectivity index (χ1) is 11.4. The minimum atomic E-state index is -3.57. The van der Waals surface area contributed by atoms with E-state index in [2.05, 4.69) is 4.72 Å². The Labute approximate surface area is 140 Å². The van der Waals surface area contributed by atoms with E-state index in [1.807, 2.05) is 0 Å². The van der Waals surface area contributed by atoms with Crippen LogP contribution in [0, 0.1) is 0 Å². The maximum atomic E-state index is 11.9. The van der Waals surface area contributed by atoms with Crippen molar-refractivity contribution in [3.63, 3.8) is 0 Å². The van der Waals surface area contributed by atoms with Crippen molar-refractivity contribution < 1.29 is 22.7 Å². The number of hydrogen-bond acceptors (Lipinski definition) is 5. The summed E-state index contributed by atoms with van der Waals surface area (Å²) in [4.78, 5) is 23.9. The first-order valence-electron chi connectivity index (χ1n) is 7.29. The largest absolute Gasteiger partial charge is 0.454 e. The molecule has 0 saturated heterocycles. The van der Waals surface area contributed by atoms with Gasteiger partial charge >= 0.3 is 5.97 Å². The van der Waals surface area contributed by atoms with E-state index in [0.717, 1.165) is 0 Å². The lowest BCUT2D eigenvalue weighted by molar-refractivity contribution is 0.0474. The van der Waals surface area contributed by atoms with E-state index in [9.17, 15) is 18.0 Å². The molecule has 2 aromatic carbocycles. The van der Waals surface area contributed by atoms with Gasteiger partial charge in [0, 0.05) is 12.1 Å². The van der Waals surface area contributed by atoms with Crippen LogP contribution in [0.1, 0.15) is 27.6 Å². The lowest BCUT2D eigenvalue weighted by Crippen LogP contribution is -2.23. The molecule has 0 radical (unpaired) electrons. The Morgan fingerprint density at radius 3 is 2.17 bits per heavy atom. The predicted molar refractivity (Wildman–Crippen MR) is 88.4 cm³/mol. The number of ether oxygens (including phenoxy) is 1. The van der Waals surface area contributed by atoms with Gasteiger partial charge in [-0.3, -0.25) is 4.79 Å². The van der Waals surface area contributed by atoms with E-state index in [1.54, 1.807) is 37.3 Å². The summed E-state index contributed by atoms with van der Waals surface area (Å²) >= 11 is 0. The Morgan fingerprint density at radius 2 is 1.58 bits per heavy atom. The number of sulfonamides is 1. The third kappa shape index (κ3) is 4.50. The molecule has 2 aromatic rings. The number of nitrogens with one attached hydrogen (secondary N) is 1. The van der Waals surface area contributed by atoms with Crippen LogP contribution in [0.5, 0.6) is 0 Å². The van der Waals surface area contributed by atoms with Gasteiger partial charge in [-0.1, -0.05) is 37.3 Å². The lowest BCUT2D eigenvalue weighted by atomic mass is 10.1. The van der Waals surface area contributed by atoms with E-state index in [4.69, 9.17) is 4.74 Å². The number of carbonyl (C=O) groups excluding carboxylic acids is 2. The summed E-state index contributed by atoms with van der Waals surface area (Å²) in [5.41, 5.74) is 0.628. The van der Waals surface area contributed by atoms with Gasteiger partial charge in [0.1, 0.15) is 0 Å². The first kappa shape index (κ1) is 17.8. The zero-order chi connectivity index (χ0) is 17.6. The van der Waals surface area contributed by atoms with Crippen molar-refractivity contribution in [3.05, 3.63) is 65.7 Å². The molecule has 7 heteroatoms. The number of carbonyl (C=O) groups is 2. The molecule has 1 N–H and O–H groups in total. The minimum Gasteiger partial charge on any atom is -0.454 e. The highest BCUT2D eigenvalue weighted by atomic mass is 32.2. The Balaban J connectivity index is 1.99. The number of ketones is 1. The van der Waals surface area contributed by atoms with Crippen molar-refractivity contribution in [1.29, 1.82) is 0 Å². The fourth-order valence-corrected chi connectivity index (χ4v) is 3.01. The van der Waals surface area contributed by atoms with Crippen molar-refractivity contribution in [2.45, 2.75) is 11.8 Å². The monoisotopic (exact) mass is 347 g/mol. The molecule has 24 heavy (non-hydrogen) atoms. The third-order valence-corrected chi connectivity index (χ3v) is 4.73. The standard InChI is InChI=1S/C17H17NO5S/c1-2-18-24(21,22)15-10-8-14(9-11-15)17(20)23-12-16(19)13-6-4-3-5-7-13/h3-11,18H,2,12H2,1H3. The van der Waals surface area contributed by atoms with Gasteiger partial charge in [0.25, 0.3) is 0 Å². The second-order valence-corrected chi connectivity index (χ2v) is 6.66. The lowest BCUT2D eigenvalue weighted by Gasteiger charge is -2.07. The molecule has 0 aromatic heterocycles. The van der Waals surface area contributed by atoms with Crippen molar-refractivity contribution in [3.8, 4) is 0 Å². The van der Waals surface area contributed by atoms with Gasteiger partial charge in [-0.15, -0.1) is 0 Å². The molecule has 6 nitrogen and oxygen atoms in total. The van der Waals surface area contributed by atoms with E-state index >= 15 is 0 Å². The van der Waals surface area contributed by atoms with Crippen LogP contribution in [-0.4, -0.2) is 33.3 Å². The Morgan fingerprint density at radius 1 is 0.958 bits per heavy atom. The highest BCUT2D eigenvalue weighted by Gasteiger charge is 2.15. The molecule has 0 aliphatic heterocycles. The molecule has 0 atom stereocenters.